The summed E-state index contributed by atoms with van der Waals surface area (Å²) in [6.07, 6.45) is 4.30. The molecule has 1 aliphatic heterocycles. The standard InChI is InChI=1S/C16H25N3O3S/c1-3-8-19(9-4-2)14-5-6-15(17-11-14)16(20)18-13-7-10-23(21,22)12-13/h5-6,11,13H,3-4,7-10,12H2,1-2H3,(H,18,20). The zero-order valence-electron chi connectivity index (χ0n) is 13.8. The molecular weight excluding hydrogens is 314 g/mol. The average Bonchev–Trinajstić information content (AvgIpc) is 2.86. The van der Waals surface area contributed by atoms with Gasteiger partial charge in [-0.25, -0.2) is 13.4 Å². The van der Waals surface area contributed by atoms with Gasteiger partial charge in [0.25, 0.3) is 5.91 Å². The maximum absolute atomic E-state index is 12.2. The minimum atomic E-state index is -3.00. The Balaban J connectivity index is 1.99. The highest BCUT2D eigenvalue weighted by atomic mass is 32.2. The topological polar surface area (TPSA) is 79.4 Å². The van der Waals surface area contributed by atoms with Gasteiger partial charge in [0.1, 0.15) is 5.69 Å². The van der Waals surface area contributed by atoms with Crippen LogP contribution in [0.3, 0.4) is 0 Å². The van der Waals surface area contributed by atoms with Crippen molar-refractivity contribution in [3.63, 3.8) is 0 Å². The van der Waals surface area contributed by atoms with E-state index in [1.165, 1.54) is 0 Å². The second-order valence-corrected chi connectivity index (χ2v) is 8.19. The van der Waals surface area contributed by atoms with Crippen LogP contribution in [-0.4, -0.2) is 49.9 Å². The lowest BCUT2D eigenvalue weighted by Gasteiger charge is -2.23. The first-order valence-corrected chi connectivity index (χ1v) is 9.99. The maximum Gasteiger partial charge on any atom is 0.270 e. The van der Waals surface area contributed by atoms with Gasteiger partial charge in [-0.05, 0) is 31.4 Å². The molecule has 1 saturated heterocycles. The van der Waals surface area contributed by atoms with E-state index in [0.29, 0.717) is 12.1 Å². The first kappa shape index (κ1) is 17.7. The van der Waals surface area contributed by atoms with E-state index < -0.39 is 9.84 Å². The number of sulfone groups is 1. The van der Waals surface area contributed by atoms with E-state index in [-0.39, 0.29) is 23.5 Å². The fourth-order valence-electron chi connectivity index (χ4n) is 2.79. The van der Waals surface area contributed by atoms with Crippen LogP contribution in [0.4, 0.5) is 5.69 Å². The molecule has 6 nitrogen and oxygen atoms in total. The van der Waals surface area contributed by atoms with Crippen LogP contribution in [0.5, 0.6) is 0 Å². The van der Waals surface area contributed by atoms with E-state index in [1.54, 1.807) is 12.3 Å². The maximum atomic E-state index is 12.2. The third-order valence-corrected chi connectivity index (χ3v) is 5.67. The van der Waals surface area contributed by atoms with Crippen LogP contribution < -0.4 is 10.2 Å². The number of carbonyl (C=O) groups excluding carboxylic acids is 1. The third-order valence-electron chi connectivity index (χ3n) is 3.90. The van der Waals surface area contributed by atoms with Crippen molar-refractivity contribution in [1.82, 2.24) is 10.3 Å². The van der Waals surface area contributed by atoms with E-state index in [0.717, 1.165) is 31.6 Å². The molecule has 2 heterocycles. The predicted molar refractivity (Wildman–Crippen MR) is 91.6 cm³/mol. The highest BCUT2D eigenvalue weighted by Gasteiger charge is 2.29. The number of amides is 1. The summed E-state index contributed by atoms with van der Waals surface area (Å²) in [5.74, 6) is -0.138. The van der Waals surface area contributed by atoms with Gasteiger partial charge in [0.05, 0.1) is 23.4 Å². The average molecular weight is 339 g/mol. The number of nitrogens with one attached hydrogen (secondary N) is 1. The minimum absolute atomic E-state index is 0.0254. The molecule has 0 saturated carbocycles. The fourth-order valence-corrected chi connectivity index (χ4v) is 4.46. The number of hydrogen-bond donors (Lipinski definition) is 1. The summed E-state index contributed by atoms with van der Waals surface area (Å²) in [6.45, 7) is 6.18. The Hall–Kier alpha value is -1.63. The molecule has 7 heteroatoms. The molecular formula is C16H25N3O3S. The molecule has 2 rings (SSSR count). The normalized spacial score (nSPS) is 19.5. The van der Waals surface area contributed by atoms with Crippen molar-refractivity contribution < 1.29 is 13.2 Å². The number of aromatic nitrogens is 1. The molecule has 0 spiro atoms. The minimum Gasteiger partial charge on any atom is -0.370 e. The van der Waals surface area contributed by atoms with Gasteiger partial charge in [-0.3, -0.25) is 4.79 Å². The summed E-state index contributed by atoms with van der Waals surface area (Å²) in [5.41, 5.74) is 1.33. The van der Waals surface area contributed by atoms with Gasteiger partial charge < -0.3 is 10.2 Å². The van der Waals surface area contributed by atoms with Crippen LogP contribution in [0.25, 0.3) is 0 Å². The summed E-state index contributed by atoms with van der Waals surface area (Å²) in [4.78, 5) is 18.6. The molecule has 23 heavy (non-hydrogen) atoms. The Morgan fingerprint density at radius 1 is 1.30 bits per heavy atom. The van der Waals surface area contributed by atoms with Gasteiger partial charge in [-0.1, -0.05) is 13.8 Å². The zero-order valence-corrected chi connectivity index (χ0v) is 14.6. The summed E-state index contributed by atoms with van der Waals surface area (Å²) in [7, 11) is -3.00. The van der Waals surface area contributed by atoms with Crippen molar-refractivity contribution in [1.29, 1.82) is 0 Å². The lowest BCUT2D eigenvalue weighted by molar-refractivity contribution is 0.0936. The van der Waals surface area contributed by atoms with Crippen molar-refractivity contribution >= 4 is 21.4 Å². The van der Waals surface area contributed by atoms with Gasteiger partial charge >= 0.3 is 0 Å². The molecule has 1 N–H and O–H groups in total. The molecule has 1 aliphatic rings. The van der Waals surface area contributed by atoms with Crippen LogP contribution in [-0.2, 0) is 9.84 Å². The Bertz CT molecular complexity index is 622. The zero-order chi connectivity index (χ0) is 16.9. The SMILES string of the molecule is CCCN(CCC)c1ccc(C(=O)NC2CCS(=O)(=O)C2)nc1. The summed E-state index contributed by atoms with van der Waals surface area (Å²) in [5, 5.41) is 2.76. The molecule has 0 radical (unpaired) electrons. The van der Waals surface area contributed by atoms with Crippen LogP contribution in [0, 0.1) is 0 Å². The molecule has 128 valence electrons. The largest absolute Gasteiger partial charge is 0.370 e. The van der Waals surface area contributed by atoms with Crippen molar-refractivity contribution in [2.45, 2.75) is 39.2 Å². The number of pyridine rings is 1. The first-order valence-electron chi connectivity index (χ1n) is 8.17. The number of nitrogens with zero attached hydrogens (tertiary/aromatic N) is 2. The van der Waals surface area contributed by atoms with Gasteiger partial charge in [0.2, 0.25) is 0 Å². The second-order valence-electron chi connectivity index (χ2n) is 5.96. The smallest absolute Gasteiger partial charge is 0.270 e. The van der Waals surface area contributed by atoms with Crippen LogP contribution >= 0.6 is 0 Å². The lowest BCUT2D eigenvalue weighted by atomic mass is 10.2. The van der Waals surface area contributed by atoms with E-state index in [4.69, 9.17) is 0 Å². The lowest BCUT2D eigenvalue weighted by Crippen LogP contribution is -2.36. The summed E-state index contributed by atoms with van der Waals surface area (Å²) in [6, 6.07) is 3.30. The van der Waals surface area contributed by atoms with E-state index >= 15 is 0 Å². The molecule has 1 fully saturated rings. The molecule has 0 bridgehead atoms. The molecule has 1 aromatic heterocycles. The van der Waals surface area contributed by atoms with Crippen LogP contribution in [0.2, 0.25) is 0 Å². The van der Waals surface area contributed by atoms with E-state index in [9.17, 15) is 13.2 Å². The first-order chi connectivity index (χ1) is 10.9. The summed E-state index contributed by atoms with van der Waals surface area (Å²) < 4.78 is 22.9. The predicted octanol–water partition coefficient (Wildman–Crippen LogP) is 1.62. The van der Waals surface area contributed by atoms with Crippen molar-refractivity contribution in [3.8, 4) is 0 Å². The Morgan fingerprint density at radius 3 is 2.48 bits per heavy atom. The second kappa shape index (κ2) is 7.77. The van der Waals surface area contributed by atoms with E-state index in [1.807, 2.05) is 6.07 Å². The number of hydrogen-bond acceptors (Lipinski definition) is 5. The van der Waals surface area contributed by atoms with E-state index in [2.05, 4.69) is 29.0 Å². The van der Waals surface area contributed by atoms with Gasteiger partial charge in [-0.2, -0.15) is 0 Å². The summed E-state index contributed by atoms with van der Waals surface area (Å²) >= 11 is 0. The van der Waals surface area contributed by atoms with Crippen molar-refractivity contribution in [2.24, 2.45) is 0 Å². The van der Waals surface area contributed by atoms with Crippen molar-refractivity contribution in [3.05, 3.63) is 24.0 Å². The number of anilines is 1. The molecule has 0 aliphatic carbocycles. The Labute approximate surface area is 138 Å². The van der Waals surface area contributed by atoms with Gasteiger partial charge in [0.15, 0.2) is 9.84 Å². The molecule has 1 atom stereocenters. The molecule has 0 aromatic carbocycles. The highest BCUT2D eigenvalue weighted by molar-refractivity contribution is 7.91. The number of carbonyl (C=O) groups is 1. The Kier molecular flexibility index (Phi) is 5.98. The molecule has 1 aromatic rings. The quantitative estimate of drug-likeness (QED) is 0.817. The van der Waals surface area contributed by atoms with Gasteiger partial charge in [0, 0.05) is 19.1 Å². The Morgan fingerprint density at radius 2 is 2.00 bits per heavy atom. The van der Waals surface area contributed by atoms with Crippen molar-refractivity contribution in [2.75, 3.05) is 29.5 Å². The number of rotatable bonds is 7. The third kappa shape index (κ3) is 4.92. The fraction of sp³-hybridized carbons (Fsp3) is 0.625. The molecule has 1 unspecified atom stereocenters. The highest BCUT2D eigenvalue weighted by Crippen LogP contribution is 2.15. The van der Waals surface area contributed by atoms with Gasteiger partial charge in [-0.15, -0.1) is 0 Å². The van der Waals surface area contributed by atoms with Crippen LogP contribution in [0.1, 0.15) is 43.6 Å². The molecule has 1 amide bonds. The monoisotopic (exact) mass is 339 g/mol. The van der Waals surface area contributed by atoms with Crippen LogP contribution in [0.15, 0.2) is 18.3 Å².